The smallest absolute Gasteiger partial charge is 0.317 e. The lowest BCUT2D eigenvalue weighted by molar-refractivity contribution is -0.143. The van der Waals surface area contributed by atoms with Crippen LogP contribution in [0, 0.1) is 17.6 Å². The molecule has 0 unspecified atom stereocenters. The fraction of sp³-hybridized carbons (Fsp3) is 0.429. The van der Waals surface area contributed by atoms with Crippen LogP contribution in [-0.2, 0) is 11.3 Å². The molecule has 1 heterocycles. The van der Waals surface area contributed by atoms with E-state index in [-0.39, 0.29) is 16.6 Å². The van der Waals surface area contributed by atoms with Gasteiger partial charge in [-0.25, -0.2) is 13.6 Å². The molecule has 2 rings (SSSR count). The van der Waals surface area contributed by atoms with Gasteiger partial charge in [0.25, 0.3) is 0 Å². The predicted octanol–water partition coefficient (Wildman–Crippen LogP) is 2.73. The van der Waals surface area contributed by atoms with Gasteiger partial charge in [-0.3, -0.25) is 4.79 Å². The molecule has 1 aromatic carbocycles. The number of hydrogen-bond acceptors (Lipinski definition) is 2. The minimum absolute atomic E-state index is 0.211. The molecule has 22 heavy (non-hydrogen) atoms. The Labute approximate surface area is 134 Å². The van der Waals surface area contributed by atoms with Crippen molar-refractivity contribution in [2.45, 2.75) is 19.4 Å². The van der Waals surface area contributed by atoms with Crippen molar-refractivity contribution in [1.29, 1.82) is 0 Å². The summed E-state index contributed by atoms with van der Waals surface area (Å²) >= 11 is 2.98. The number of piperidine rings is 1. The summed E-state index contributed by atoms with van der Waals surface area (Å²) in [5, 5.41) is 11.4. The number of carbonyl (C=O) groups is 2. The third-order valence-electron chi connectivity index (χ3n) is 3.65. The number of nitrogens with zero attached hydrogens (tertiary/aromatic N) is 1. The summed E-state index contributed by atoms with van der Waals surface area (Å²) in [4.78, 5) is 24.2. The van der Waals surface area contributed by atoms with E-state index >= 15 is 0 Å². The molecule has 0 saturated carbocycles. The quantitative estimate of drug-likeness (QED) is 0.851. The monoisotopic (exact) mass is 376 g/mol. The van der Waals surface area contributed by atoms with Gasteiger partial charge in [-0.05, 0) is 25.0 Å². The van der Waals surface area contributed by atoms with E-state index in [4.69, 9.17) is 5.11 Å². The molecular formula is C14H15BrF2N2O3. The third-order valence-corrected chi connectivity index (χ3v) is 4.11. The highest BCUT2D eigenvalue weighted by atomic mass is 79.9. The number of benzene rings is 1. The zero-order valence-electron chi connectivity index (χ0n) is 11.6. The second-order valence-corrected chi connectivity index (χ2v) is 6.02. The number of aliphatic carboxylic acids is 1. The SMILES string of the molecule is O=C(O)C1CCN(C(=O)NCc2c(F)cc(Br)cc2F)CC1. The van der Waals surface area contributed by atoms with Crippen LogP contribution in [0.3, 0.4) is 0 Å². The molecule has 0 aliphatic carbocycles. The van der Waals surface area contributed by atoms with Crippen LogP contribution in [0.1, 0.15) is 18.4 Å². The van der Waals surface area contributed by atoms with E-state index in [1.807, 2.05) is 0 Å². The molecule has 2 amide bonds. The van der Waals surface area contributed by atoms with Gasteiger partial charge in [0.1, 0.15) is 11.6 Å². The number of carboxylic acids is 1. The van der Waals surface area contributed by atoms with E-state index in [0.29, 0.717) is 25.9 Å². The first-order chi connectivity index (χ1) is 10.4. The number of amides is 2. The number of rotatable bonds is 3. The maximum absolute atomic E-state index is 13.6. The van der Waals surface area contributed by atoms with Gasteiger partial charge in [0.05, 0.1) is 12.5 Å². The summed E-state index contributed by atoms with van der Waals surface area (Å²) in [5.41, 5.74) is -0.211. The van der Waals surface area contributed by atoms with Crippen LogP contribution in [0.4, 0.5) is 13.6 Å². The Kier molecular flexibility index (Phi) is 5.33. The Morgan fingerprint density at radius 2 is 1.82 bits per heavy atom. The summed E-state index contributed by atoms with van der Waals surface area (Å²) in [5.74, 6) is -2.78. The normalized spacial score (nSPS) is 15.7. The van der Waals surface area contributed by atoms with Gasteiger partial charge in [-0.15, -0.1) is 0 Å². The molecule has 0 bridgehead atoms. The number of urea groups is 1. The van der Waals surface area contributed by atoms with Crippen molar-refractivity contribution in [1.82, 2.24) is 10.2 Å². The maximum atomic E-state index is 13.6. The van der Waals surface area contributed by atoms with Crippen LogP contribution >= 0.6 is 15.9 Å². The first-order valence-corrected chi connectivity index (χ1v) is 7.56. The number of halogens is 3. The molecular weight excluding hydrogens is 362 g/mol. The highest BCUT2D eigenvalue weighted by Gasteiger charge is 2.27. The van der Waals surface area contributed by atoms with Crippen LogP contribution < -0.4 is 5.32 Å². The number of nitrogens with one attached hydrogen (secondary N) is 1. The number of carboxylic acid groups (broad SMARTS) is 1. The number of carbonyl (C=O) groups excluding carboxylic acids is 1. The van der Waals surface area contributed by atoms with Gasteiger partial charge in [0.2, 0.25) is 0 Å². The van der Waals surface area contributed by atoms with Crippen molar-refractivity contribution in [2.75, 3.05) is 13.1 Å². The van der Waals surface area contributed by atoms with Gasteiger partial charge in [0, 0.05) is 23.1 Å². The zero-order chi connectivity index (χ0) is 16.3. The average molecular weight is 377 g/mol. The lowest BCUT2D eigenvalue weighted by Crippen LogP contribution is -2.45. The van der Waals surface area contributed by atoms with Crippen molar-refractivity contribution < 1.29 is 23.5 Å². The van der Waals surface area contributed by atoms with Crippen LogP contribution in [0.25, 0.3) is 0 Å². The van der Waals surface area contributed by atoms with Gasteiger partial charge >= 0.3 is 12.0 Å². The van der Waals surface area contributed by atoms with Crippen molar-refractivity contribution in [3.8, 4) is 0 Å². The summed E-state index contributed by atoms with van der Waals surface area (Å²) < 4.78 is 27.6. The highest BCUT2D eigenvalue weighted by molar-refractivity contribution is 9.10. The van der Waals surface area contributed by atoms with E-state index in [2.05, 4.69) is 21.2 Å². The van der Waals surface area contributed by atoms with E-state index < -0.39 is 29.6 Å². The van der Waals surface area contributed by atoms with E-state index in [1.54, 1.807) is 0 Å². The Morgan fingerprint density at radius 3 is 2.32 bits per heavy atom. The topological polar surface area (TPSA) is 69.6 Å². The van der Waals surface area contributed by atoms with Crippen LogP contribution in [0.5, 0.6) is 0 Å². The Bertz CT molecular complexity index is 566. The third kappa shape index (κ3) is 3.94. The molecule has 5 nitrogen and oxygen atoms in total. The molecule has 2 N–H and O–H groups in total. The summed E-state index contributed by atoms with van der Waals surface area (Å²) in [6, 6.07) is 1.80. The van der Waals surface area contributed by atoms with Crippen molar-refractivity contribution >= 4 is 27.9 Å². The van der Waals surface area contributed by atoms with E-state index in [0.717, 1.165) is 12.1 Å². The minimum Gasteiger partial charge on any atom is -0.481 e. The molecule has 0 atom stereocenters. The molecule has 1 fully saturated rings. The molecule has 8 heteroatoms. The van der Waals surface area contributed by atoms with Crippen LogP contribution in [0.15, 0.2) is 16.6 Å². The number of hydrogen-bond donors (Lipinski definition) is 2. The molecule has 120 valence electrons. The molecule has 1 aliphatic rings. The fourth-order valence-corrected chi connectivity index (χ4v) is 2.75. The van der Waals surface area contributed by atoms with Gasteiger partial charge < -0.3 is 15.3 Å². The lowest BCUT2D eigenvalue weighted by atomic mass is 9.97. The van der Waals surface area contributed by atoms with Gasteiger partial charge in [-0.1, -0.05) is 15.9 Å². The average Bonchev–Trinajstić information content (AvgIpc) is 2.46. The second kappa shape index (κ2) is 7.04. The Hall–Kier alpha value is -1.70. The molecule has 0 radical (unpaired) electrons. The minimum atomic E-state index is -0.862. The van der Waals surface area contributed by atoms with Crippen molar-refractivity contribution in [2.24, 2.45) is 5.92 Å². The van der Waals surface area contributed by atoms with E-state index in [1.165, 1.54) is 4.90 Å². The van der Waals surface area contributed by atoms with Crippen molar-refractivity contribution in [3.63, 3.8) is 0 Å². The van der Waals surface area contributed by atoms with Gasteiger partial charge in [0.15, 0.2) is 0 Å². The highest BCUT2D eigenvalue weighted by Crippen LogP contribution is 2.20. The Balaban J connectivity index is 1.90. The summed E-state index contributed by atoms with van der Waals surface area (Å²) in [6.07, 6.45) is 0.757. The predicted molar refractivity (Wildman–Crippen MR) is 78.2 cm³/mol. The molecule has 1 aromatic rings. The molecule has 0 spiro atoms. The molecule has 1 aliphatic heterocycles. The van der Waals surface area contributed by atoms with Crippen molar-refractivity contribution in [3.05, 3.63) is 33.8 Å². The largest absolute Gasteiger partial charge is 0.481 e. The van der Waals surface area contributed by atoms with Gasteiger partial charge in [-0.2, -0.15) is 0 Å². The maximum Gasteiger partial charge on any atom is 0.317 e. The Morgan fingerprint density at radius 1 is 1.27 bits per heavy atom. The molecule has 0 aromatic heterocycles. The first-order valence-electron chi connectivity index (χ1n) is 6.77. The van der Waals surface area contributed by atoms with Crippen LogP contribution in [-0.4, -0.2) is 35.1 Å². The summed E-state index contributed by atoms with van der Waals surface area (Å²) in [7, 11) is 0. The van der Waals surface area contributed by atoms with E-state index in [9.17, 15) is 18.4 Å². The standard InChI is InChI=1S/C14H15BrF2N2O3/c15-9-5-11(16)10(12(17)6-9)7-18-14(22)19-3-1-8(2-4-19)13(20)21/h5-6,8H,1-4,7H2,(H,18,22)(H,20,21). The zero-order valence-corrected chi connectivity index (χ0v) is 13.2. The lowest BCUT2D eigenvalue weighted by Gasteiger charge is -2.30. The number of likely N-dealkylation sites (tertiary alicyclic amines) is 1. The van der Waals surface area contributed by atoms with Crippen LogP contribution in [0.2, 0.25) is 0 Å². The first kappa shape index (κ1) is 16.7. The molecule has 1 saturated heterocycles. The summed E-state index contributed by atoms with van der Waals surface area (Å²) in [6.45, 7) is 0.366. The fourth-order valence-electron chi connectivity index (χ4n) is 2.35. The second-order valence-electron chi connectivity index (χ2n) is 5.11.